The van der Waals surface area contributed by atoms with Gasteiger partial charge in [0.2, 0.25) is 0 Å². The maximum atomic E-state index is 12.1. The summed E-state index contributed by atoms with van der Waals surface area (Å²) in [6.07, 6.45) is 1.35. The summed E-state index contributed by atoms with van der Waals surface area (Å²) < 4.78 is 0. The minimum atomic E-state index is -1.42. The lowest BCUT2D eigenvalue weighted by atomic mass is 9.79. The van der Waals surface area contributed by atoms with Crippen molar-refractivity contribution in [1.29, 1.82) is 10.5 Å². The van der Waals surface area contributed by atoms with E-state index in [9.17, 15) is 5.11 Å². The van der Waals surface area contributed by atoms with Crippen LogP contribution >= 0.6 is 0 Å². The highest BCUT2D eigenvalue weighted by atomic mass is 16.3. The Hall–Kier alpha value is -3.86. The van der Waals surface area contributed by atoms with Crippen LogP contribution in [0.3, 0.4) is 0 Å². The number of allylic oxidation sites excluding steroid dienone is 1. The normalized spacial score (nSPS) is 10.5. The van der Waals surface area contributed by atoms with E-state index in [2.05, 4.69) is 5.32 Å². The fourth-order valence-electron chi connectivity index (χ4n) is 3.23. The van der Waals surface area contributed by atoms with E-state index < -0.39 is 5.60 Å². The molecule has 0 aliphatic heterocycles. The Labute approximate surface area is 171 Å². The maximum absolute atomic E-state index is 12.1. The molecule has 4 nitrogen and oxygen atoms in total. The van der Waals surface area contributed by atoms with Gasteiger partial charge in [0.05, 0.1) is 0 Å². The highest BCUT2D eigenvalue weighted by Crippen LogP contribution is 2.40. The van der Waals surface area contributed by atoms with Crippen molar-refractivity contribution in [3.8, 4) is 12.1 Å². The molecular weight excluding hydrogens is 358 g/mol. The quantitative estimate of drug-likeness (QED) is 0.486. The summed E-state index contributed by atoms with van der Waals surface area (Å²) >= 11 is 0. The van der Waals surface area contributed by atoms with E-state index in [1.54, 1.807) is 0 Å². The first-order valence-corrected chi connectivity index (χ1v) is 9.22. The van der Waals surface area contributed by atoms with Gasteiger partial charge < -0.3 is 10.4 Å². The monoisotopic (exact) mass is 379 g/mol. The first-order valence-electron chi connectivity index (χ1n) is 9.22. The fourth-order valence-corrected chi connectivity index (χ4v) is 3.23. The molecule has 142 valence electrons. The van der Waals surface area contributed by atoms with Gasteiger partial charge in [-0.05, 0) is 31.0 Å². The minimum Gasteiger partial charge on any atom is -0.376 e. The Morgan fingerprint density at radius 3 is 1.79 bits per heavy atom. The molecule has 4 heteroatoms. The predicted molar refractivity (Wildman–Crippen MR) is 114 cm³/mol. The summed E-state index contributed by atoms with van der Waals surface area (Å²) in [6, 6.07) is 26.5. The number of nitrogens with zero attached hydrogens (tertiary/aromatic N) is 2. The van der Waals surface area contributed by atoms with Crippen molar-refractivity contribution in [2.45, 2.75) is 19.4 Å². The highest BCUT2D eigenvalue weighted by Gasteiger charge is 2.35. The molecule has 29 heavy (non-hydrogen) atoms. The van der Waals surface area contributed by atoms with Crippen molar-refractivity contribution in [2.75, 3.05) is 5.32 Å². The standard InChI is InChI=1S/C25H21N3O/c1-18-7-11-21(12-8-18)25(29,22-13-9-19(2)10-14-22)23-5-3-4-6-24(23)28-17-20(15-26)16-27/h3-14,17,28-29H,1-2H3. The van der Waals surface area contributed by atoms with E-state index in [-0.39, 0.29) is 5.57 Å². The summed E-state index contributed by atoms with van der Waals surface area (Å²) in [5.41, 5.74) is 3.42. The second-order valence-electron chi connectivity index (χ2n) is 6.91. The molecule has 0 radical (unpaired) electrons. The van der Waals surface area contributed by atoms with Crippen LogP contribution in [0.5, 0.6) is 0 Å². The van der Waals surface area contributed by atoms with Crippen molar-refractivity contribution in [2.24, 2.45) is 0 Å². The summed E-state index contributed by atoms with van der Waals surface area (Å²) in [5, 5.41) is 33.1. The molecule has 0 heterocycles. The molecule has 3 rings (SSSR count). The molecule has 0 atom stereocenters. The van der Waals surface area contributed by atoms with Crippen LogP contribution in [0.25, 0.3) is 0 Å². The number of hydrogen-bond donors (Lipinski definition) is 2. The van der Waals surface area contributed by atoms with Gasteiger partial charge >= 0.3 is 0 Å². The first kappa shape index (κ1) is 19.9. The molecule has 3 aromatic rings. The molecule has 0 fully saturated rings. The molecule has 0 spiro atoms. The van der Waals surface area contributed by atoms with E-state index in [0.717, 1.165) is 22.3 Å². The van der Waals surface area contributed by atoms with E-state index in [4.69, 9.17) is 10.5 Å². The van der Waals surface area contributed by atoms with Gasteiger partial charge in [0, 0.05) is 17.5 Å². The average Bonchev–Trinajstić information content (AvgIpc) is 2.75. The predicted octanol–water partition coefficient (Wildman–Crippen LogP) is 4.93. The van der Waals surface area contributed by atoms with Gasteiger partial charge in [-0.15, -0.1) is 0 Å². The largest absolute Gasteiger partial charge is 0.376 e. The molecule has 0 saturated carbocycles. The first-order chi connectivity index (χ1) is 14.0. The lowest BCUT2D eigenvalue weighted by Crippen LogP contribution is -2.29. The molecule has 2 N–H and O–H groups in total. The number of nitriles is 2. The SMILES string of the molecule is Cc1ccc(C(O)(c2ccc(C)cc2)c2ccccc2NC=C(C#N)C#N)cc1. The van der Waals surface area contributed by atoms with Crippen LogP contribution in [0.2, 0.25) is 0 Å². The third-order valence-corrected chi connectivity index (χ3v) is 4.87. The summed E-state index contributed by atoms with van der Waals surface area (Å²) in [5.74, 6) is 0. The summed E-state index contributed by atoms with van der Waals surface area (Å²) in [4.78, 5) is 0. The number of anilines is 1. The zero-order valence-electron chi connectivity index (χ0n) is 16.3. The maximum Gasteiger partial charge on any atom is 0.145 e. The Kier molecular flexibility index (Phi) is 5.79. The van der Waals surface area contributed by atoms with Crippen LogP contribution in [0.4, 0.5) is 5.69 Å². The van der Waals surface area contributed by atoms with Crippen LogP contribution in [0, 0.1) is 36.5 Å². The molecule has 0 aliphatic carbocycles. The van der Waals surface area contributed by atoms with Crippen molar-refractivity contribution in [3.05, 3.63) is 112 Å². The van der Waals surface area contributed by atoms with Crippen LogP contribution in [0.1, 0.15) is 27.8 Å². The number of nitrogens with one attached hydrogen (secondary N) is 1. The van der Waals surface area contributed by atoms with E-state index in [1.165, 1.54) is 6.20 Å². The molecule has 0 amide bonds. The van der Waals surface area contributed by atoms with Gasteiger partial charge in [-0.2, -0.15) is 10.5 Å². The Balaban J connectivity index is 2.22. The topological polar surface area (TPSA) is 79.8 Å². The second kappa shape index (κ2) is 8.44. The number of hydrogen-bond acceptors (Lipinski definition) is 4. The van der Waals surface area contributed by atoms with Gasteiger partial charge in [0.15, 0.2) is 0 Å². The van der Waals surface area contributed by atoms with Crippen LogP contribution in [-0.4, -0.2) is 5.11 Å². The molecule has 3 aromatic carbocycles. The van der Waals surface area contributed by atoms with E-state index in [0.29, 0.717) is 11.3 Å². The molecule has 0 unspecified atom stereocenters. The number of aliphatic hydroxyl groups is 1. The van der Waals surface area contributed by atoms with Crippen molar-refractivity contribution < 1.29 is 5.11 Å². The summed E-state index contributed by atoms with van der Waals surface area (Å²) in [6.45, 7) is 4.00. The minimum absolute atomic E-state index is 0.0472. The lowest BCUT2D eigenvalue weighted by Gasteiger charge is -2.32. The third kappa shape index (κ3) is 4.04. The van der Waals surface area contributed by atoms with Crippen LogP contribution in [-0.2, 0) is 5.60 Å². The highest BCUT2D eigenvalue weighted by molar-refractivity contribution is 5.63. The van der Waals surface area contributed by atoms with Gasteiger partial charge in [-0.1, -0.05) is 77.9 Å². The molecule has 0 saturated heterocycles. The van der Waals surface area contributed by atoms with Crippen molar-refractivity contribution in [1.82, 2.24) is 0 Å². The van der Waals surface area contributed by atoms with E-state index >= 15 is 0 Å². The Morgan fingerprint density at radius 1 is 0.828 bits per heavy atom. The fraction of sp³-hybridized carbons (Fsp3) is 0.120. The number of rotatable bonds is 5. The molecule has 0 aromatic heterocycles. The Bertz CT molecular complexity index is 1050. The smallest absolute Gasteiger partial charge is 0.145 e. The van der Waals surface area contributed by atoms with Gasteiger partial charge in [-0.25, -0.2) is 0 Å². The van der Waals surface area contributed by atoms with Gasteiger partial charge in [-0.3, -0.25) is 0 Å². The number of aryl methyl sites for hydroxylation is 2. The molecule has 0 aliphatic rings. The van der Waals surface area contributed by atoms with Crippen molar-refractivity contribution in [3.63, 3.8) is 0 Å². The second-order valence-corrected chi connectivity index (χ2v) is 6.91. The van der Waals surface area contributed by atoms with Crippen molar-refractivity contribution >= 4 is 5.69 Å². The van der Waals surface area contributed by atoms with Crippen LogP contribution < -0.4 is 5.32 Å². The van der Waals surface area contributed by atoms with E-state index in [1.807, 2.05) is 98.8 Å². The molecular formula is C25H21N3O. The zero-order valence-corrected chi connectivity index (χ0v) is 16.3. The average molecular weight is 379 g/mol. The number of benzene rings is 3. The van der Waals surface area contributed by atoms with Crippen LogP contribution in [0.15, 0.2) is 84.6 Å². The summed E-state index contributed by atoms with van der Waals surface area (Å²) in [7, 11) is 0. The zero-order chi connectivity index (χ0) is 20.9. The lowest BCUT2D eigenvalue weighted by molar-refractivity contribution is 0.126. The molecule has 0 bridgehead atoms. The third-order valence-electron chi connectivity index (χ3n) is 4.87. The Morgan fingerprint density at radius 2 is 1.31 bits per heavy atom. The number of para-hydroxylation sites is 1. The van der Waals surface area contributed by atoms with Gasteiger partial charge in [0.25, 0.3) is 0 Å². The van der Waals surface area contributed by atoms with Gasteiger partial charge in [0.1, 0.15) is 23.3 Å².